The van der Waals surface area contributed by atoms with E-state index in [1.807, 2.05) is 30.3 Å². The molecule has 1 aromatic carbocycles. The molecular formula is C14H16N4O4. The zero-order valence-corrected chi connectivity index (χ0v) is 11.6. The molecule has 0 radical (unpaired) electrons. The Kier molecular flexibility index (Phi) is 3.88. The number of anilines is 1. The van der Waals surface area contributed by atoms with Crippen LogP contribution in [0.25, 0.3) is 0 Å². The molecule has 0 saturated carbocycles. The lowest BCUT2D eigenvalue weighted by Crippen LogP contribution is -2.36. The van der Waals surface area contributed by atoms with E-state index in [0.717, 1.165) is 16.5 Å². The van der Waals surface area contributed by atoms with Crippen molar-refractivity contribution in [1.29, 1.82) is 0 Å². The predicted octanol–water partition coefficient (Wildman–Crippen LogP) is -0.918. The van der Waals surface area contributed by atoms with Gasteiger partial charge in [0.2, 0.25) is 5.95 Å². The number of aliphatic hydroxyl groups is 2. The lowest BCUT2D eigenvalue weighted by Gasteiger charge is -2.16. The summed E-state index contributed by atoms with van der Waals surface area (Å²) >= 11 is 0. The minimum Gasteiger partial charge on any atom is -0.388 e. The van der Waals surface area contributed by atoms with Gasteiger partial charge in [0.1, 0.15) is 18.5 Å². The van der Waals surface area contributed by atoms with Gasteiger partial charge < -0.3 is 20.7 Å². The minimum atomic E-state index is -1.25. The molecule has 0 amide bonds. The van der Waals surface area contributed by atoms with E-state index in [4.69, 9.17) is 10.5 Å². The van der Waals surface area contributed by atoms with Crippen molar-refractivity contribution in [2.24, 2.45) is 0 Å². The summed E-state index contributed by atoms with van der Waals surface area (Å²) in [6, 6.07) is 9.44. The molecule has 2 aromatic rings. The largest absolute Gasteiger partial charge is 0.388 e. The Labute approximate surface area is 125 Å². The van der Waals surface area contributed by atoms with Crippen molar-refractivity contribution in [2.75, 3.05) is 5.73 Å². The summed E-state index contributed by atoms with van der Waals surface area (Å²) < 4.78 is 6.66. The lowest BCUT2D eigenvalue weighted by molar-refractivity contribution is -0.0399. The quantitative estimate of drug-likeness (QED) is 0.670. The third-order valence-electron chi connectivity index (χ3n) is 3.64. The predicted molar refractivity (Wildman–Crippen MR) is 76.8 cm³/mol. The standard InChI is InChI=1S/C14H16N4O4/c15-13-16-7-18(14(21)17-13)12-11(20)10(19)9(22-12)6-8-4-2-1-3-5-8/h1-5,7,9-12,19-20H,6H2,(H2,15,17,21)/t9-,10-,11-,12?/m1/s1. The highest BCUT2D eigenvalue weighted by Crippen LogP contribution is 2.30. The Hall–Kier alpha value is -2.29. The molecule has 8 nitrogen and oxygen atoms in total. The molecule has 4 atom stereocenters. The summed E-state index contributed by atoms with van der Waals surface area (Å²) in [5.74, 6) is -0.157. The van der Waals surface area contributed by atoms with Crippen LogP contribution in [0.2, 0.25) is 0 Å². The van der Waals surface area contributed by atoms with Crippen LogP contribution in [-0.4, -0.2) is 43.1 Å². The van der Waals surface area contributed by atoms with Crippen LogP contribution in [0.5, 0.6) is 0 Å². The fourth-order valence-corrected chi connectivity index (χ4v) is 2.50. The van der Waals surface area contributed by atoms with E-state index in [1.165, 1.54) is 0 Å². The molecule has 22 heavy (non-hydrogen) atoms. The van der Waals surface area contributed by atoms with Crippen LogP contribution in [0.15, 0.2) is 41.5 Å². The van der Waals surface area contributed by atoms with Gasteiger partial charge in [-0.25, -0.2) is 9.78 Å². The van der Waals surface area contributed by atoms with Crippen molar-refractivity contribution in [3.63, 3.8) is 0 Å². The lowest BCUT2D eigenvalue weighted by atomic mass is 10.0. The number of aliphatic hydroxyl groups excluding tert-OH is 2. The topological polar surface area (TPSA) is 123 Å². The van der Waals surface area contributed by atoms with Crippen LogP contribution in [0, 0.1) is 0 Å². The molecule has 0 spiro atoms. The molecule has 1 saturated heterocycles. The number of nitrogens with two attached hydrogens (primary N) is 1. The van der Waals surface area contributed by atoms with Gasteiger partial charge >= 0.3 is 5.69 Å². The van der Waals surface area contributed by atoms with E-state index in [2.05, 4.69) is 9.97 Å². The number of benzene rings is 1. The van der Waals surface area contributed by atoms with Gasteiger partial charge in [0, 0.05) is 6.42 Å². The molecular weight excluding hydrogens is 288 g/mol. The molecule has 4 N–H and O–H groups in total. The highest BCUT2D eigenvalue weighted by molar-refractivity contribution is 5.16. The molecule has 8 heteroatoms. The van der Waals surface area contributed by atoms with Crippen molar-refractivity contribution in [3.05, 3.63) is 52.7 Å². The normalized spacial score (nSPS) is 27.9. The molecule has 1 fully saturated rings. The van der Waals surface area contributed by atoms with Crippen LogP contribution >= 0.6 is 0 Å². The van der Waals surface area contributed by atoms with E-state index in [1.54, 1.807) is 0 Å². The van der Waals surface area contributed by atoms with Crippen LogP contribution < -0.4 is 11.4 Å². The summed E-state index contributed by atoms with van der Waals surface area (Å²) in [5.41, 5.74) is 5.60. The van der Waals surface area contributed by atoms with E-state index in [0.29, 0.717) is 6.42 Å². The van der Waals surface area contributed by atoms with E-state index < -0.39 is 30.2 Å². The van der Waals surface area contributed by atoms with E-state index in [-0.39, 0.29) is 5.95 Å². The highest BCUT2D eigenvalue weighted by Gasteiger charge is 2.44. The highest BCUT2D eigenvalue weighted by atomic mass is 16.6. The summed E-state index contributed by atoms with van der Waals surface area (Å²) in [6.07, 6.45) is -2.48. The van der Waals surface area contributed by atoms with Crippen molar-refractivity contribution >= 4 is 5.95 Å². The Morgan fingerprint density at radius 1 is 1.23 bits per heavy atom. The van der Waals surface area contributed by atoms with Crippen molar-refractivity contribution in [1.82, 2.24) is 14.5 Å². The number of hydrogen-bond acceptors (Lipinski definition) is 7. The molecule has 0 bridgehead atoms. The zero-order chi connectivity index (χ0) is 15.7. The van der Waals surface area contributed by atoms with Gasteiger partial charge in [-0.3, -0.25) is 4.57 Å². The maximum atomic E-state index is 11.8. The van der Waals surface area contributed by atoms with Gasteiger partial charge in [0.15, 0.2) is 6.23 Å². The molecule has 1 aliphatic heterocycles. The Morgan fingerprint density at radius 3 is 2.64 bits per heavy atom. The second kappa shape index (κ2) is 5.84. The van der Waals surface area contributed by atoms with Gasteiger partial charge in [-0.15, -0.1) is 0 Å². The zero-order valence-electron chi connectivity index (χ0n) is 11.6. The van der Waals surface area contributed by atoms with Crippen molar-refractivity contribution < 1.29 is 14.9 Å². The van der Waals surface area contributed by atoms with Gasteiger partial charge in [0.05, 0.1) is 6.10 Å². The van der Waals surface area contributed by atoms with E-state index in [9.17, 15) is 15.0 Å². The van der Waals surface area contributed by atoms with E-state index >= 15 is 0 Å². The number of rotatable bonds is 3. The average Bonchev–Trinajstić information content (AvgIpc) is 2.77. The molecule has 0 aliphatic carbocycles. The third-order valence-corrected chi connectivity index (χ3v) is 3.64. The number of hydrogen-bond donors (Lipinski definition) is 3. The summed E-state index contributed by atoms with van der Waals surface area (Å²) in [7, 11) is 0. The van der Waals surface area contributed by atoms with Gasteiger partial charge in [-0.1, -0.05) is 30.3 Å². The van der Waals surface area contributed by atoms with Crippen molar-refractivity contribution in [2.45, 2.75) is 31.0 Å². The number of nitrogens with zero attached hydrogens (tertiary/aromatic N) is 3. The Balaban J connectivity index is 1.82. The van der Waals surface area contributed by atoms with Crippen LogP contribution in [0.1, 0.15) is 11.8 Å². The molecule has 1 unspecified atom stereocenters. The van der Waals surface area contributed by atoms with Crippen LogP contribution in [0.4, 0.5) is 5.95 Å². The van der Waals surface area contributed by atoms with Crippen LogP contribution in [0.3, 0.4) is 0 Å². The first kappa shape index (κ1) is 14.6. The maximum absolute atomic E-state index is 11.8. The second-order valence-corrected chi connectivity index (χ2v) is 5.14. The third kappa shape index (κ3) is 2.71. The number of ether oxygens (including phenoxy) is 1. The summed E-state index contributed by atoms with van der Waals surface area (Å²) in [4.78, 5) is 19.0. The average molecular weight is 304 g/mol. The summed E-state index contributed by atoms with van der Waals surface area (Å²) in [6.45, 7) is 0. The fourth-order valence-electron chi connectivity index (χ4n) is 2.50. The first-order valence-corrected chi connectivity index (χ1v) is 6.82. The van der Waals surface area contributed by atoms with Crippen molar-refractivity contribution in [3.8, 4) is 0 Å². The molecule has 1 aliphatic rings. The second-order valence-electron chi connectivity index (χ2n) is 5.14. The summed E-state index contributed by atoms with van der Waals surface area (Å²) in [5, 5.41) is 20.3. The van der Waals surface area contributed by atoms with Gasteiger partial charge in [-0.05, 0) is 5.56 Å². The monoisotopic (exact) mass is 304 g/mol. The maximum Gasteiger partial charge on any atom is 0.354 e. The molecule has 116 valence electrons. The van der Waals surface area contributed by atoms with Crippen LogP contribution in [-0.2, 0) is 11.2 Å². The van der Waals surface area contributed by atoms with Gasteiger partial charge in [0.25, 0.3) is 0 Å². The fraction of sp³-hybridized carbons (Fsp3) is 0.357. The molecule has 1 aromatic heterocycles. The number of nitrogen functional groups attached to an aromatic ring is 1. The Bertz CT molecular complexity index is 705. The molecule has 3 rings (SSSR count). The minimum absolute atomic E-state index is 0.157. The van der Waals surface area contributed by atoms with Gasteiger partial charge in [-0.2, -0.15) is 4.98 Å². The Morgan fingerprint density at radius 2 is 1.95 bits per heavy atom. The first-order chi connectivity index (χ1) is 10.6. The SMILES string of the molecule is Nc1ncn(C2O[C@H](Cc3ccccc3)[C@@H](O)[C@H]2O)c(=O)n1. The molecule has 2 heterocycles. The first-order valence-electron chi connectivity index (χ1n) is 6.82. The smallest absolute Gasteiger partial charge is 0.354 e. The number of aromatic nitrogens is 3.